The monoisotopic (exact) mass is 297 g/mol. The maximum Gasteiger partial charge on any atom is 0.300 e. The molecule has 0 aliphatic carbocycles. The molecule has 1 amide bonds. The molecule has 0 saturated carbocycles. The number of rotatable bonds is 2. The Morgan fingerprint density at radius 1 is 0.739 bits per heavy atom. The highest BCUT2D eigenvalue weighted by atomic mass is 16.1. The maximum atomic E-state index is 12.1. The molecular formula is C21H15NO. The van der Waals surface area contributed by atoms with Gasteiger partial charge in [0.2, 0.25) is 0 Å². The lowest BCUT2D eigenvalue weighted by Gasteiger charge is -2.09. The lowest BCUT2D eigenvalue weighted by atomic mass is 10.0. The van der Waals surface area contributed by atoms with Gasteiger partial charge in [0.25, 0.3) is 0 Å². The lowest BCUT2D eigenvalue weighted by Crippen LogP contribution is -2.09. The third-order valence-corrected chi connectivity index (χ3v) is 3.35. The Bertz CT molecular complexity index is 858. The van der Waals surface area contributed by atoms with E-state index >= 15 is 0 Å². The minimum atomic E-state index is -0.322. The van der Waals surface area contributed by atoms with Crippen LogP contribution in [0.25, 0.3) is 11.1 Å². The number of carbonyl (C=O) groups is 1. The van der Waals surface area contributed by atoms with E-state index in [0.29, 0.717) is 0 Å². The zero-order chi connectivity index (χ0) is 15.9. The van der Waals surface area contributed by atoms with Gasteiger partial charge >= 0.3 is 5.91 Å². The van der Waals surface area contributed by atoms with Gasteiger partial charge in [-0.25, -0.2) is 0 Å². The fraction of sp³-hybridized carbons (Fsp3) is 0. The molecule has 3 aromatic rings. The van der Waals surface area contributed by atoms with Gasteiger partial charge in [-0.2, -0.15) is 0 Å². The van der Waals surface area contributed by atoms with Crippen molar-refractivity contribution in [1.82, 2.24) is 0 Å². The van der Waals surface area contributed by atoms with E-state index in [2.05, 4.69) is 17.2 Å². The molecule has 0 aliphatic rings. The van der Waals surface area contributed by atoms with Gasteiger partial charge in [-0.1, -0.05) is 72.7 Å². The Morgan fingerprint density at radius 3 is 2.09 bits per heavy atom. The van der Waals surface area contributed by atoms with Crippen LogP contribution in [0.5, 0.6) is 0 Å². The molecule has 0 radical (unpaired) electrons. The molecule has 2 nitrogen and oxygen atoms in total. The second-order valence-electron chi connectivity index (χ2n) is 4.98. The molecule has 3 rings (SSSR count). The minimum Gasteiger partial charge on any atom is -0.315 e. The van der Waals surface area contributed by atoms with Crippen LogP contribution >= 0.6 is 0 Å². The molecule has 110 valence electrons. The largest absolute Gasteiger partial charge is 0.315 e. The molecule has 0 atom stereocenters. The SMILES string of the molecule is O=C(C#Cc1ccccc1)Nc1ccccc1-c1ccccc1. The fourth-order valence-corrected chi connectivity index (χ4v) is 2.27. The first kappa shape index (κ1) is 14.6. The Morgan fingerprint density at radius 2 is 1.35 bits per heavy atom. The number of hydrogen-bond donors (Lipinski definition) is 1. The van der Waals surface area contributed by atoms with E-state index in [1.807, 2.05) is 84.9 Å². The van der Waals surface area contributed by atoms with E-state index in [9.17, 15) is 4.79 Å². The number of carbonyl (C=O) groups excluding carboxylic acids is 1. The standard InChI is InChI=1S/C21H15NO/c23-21(16-15-17-9-3-1-4-10-17)22-20-14-8-7-13-19(20)18-11-5-2-6-12-18/h1-14H,(H,22,23). The second-order valence-corrected chi connectivity index (χ2v) is 4.98. The predicted molar refractivity (Wildman–Crippen MR) is 93.8 cm³/mol. The zero-order valence-corrected chi connectivity index (χ0v) is 12.5. The van der Waals surface area contributed by atoms with Crippen molar-refractivity contribution in [3.63, 3.8) is 0 Å². The Kier molecular flexibility index (Phi) is 4.52. The van der Waals surface area contributed by atoms with Crippen molar-refractivity contribution >= 4 is 11.6 Å². The molecule has 0 saturated heterocycles. The van der Waals surface area contributed by atoms with Crippen molar-refractivity contribution < 1.29 is 4.79 Å². The van der Waals surface area contributed by atoms with E-state index in [0.717, 1.165) is 22.4 Å². The number of benzene rings is 3. The van der Waals surface area contributed by atoms with Crippen molar-refractivity contribution in [2.75, 3.05) is 5.32 Å². The normalized spacial score (nSPS) is 9.57. The first-order valence-electron chi connectivity index (χ1n) is 7.35. The summed E-state index contributed by atoms with van der Waals surface area (Å²) in [6.07, 6.45) is 0. The number of para-hydroxylation sites is 1. The van der Waals surface area contributed by atoms with E-state index in [-0.39, 0.29) is 5.91 Å². The highest BCUT2D eigenvalue weighted by Gasteiger charge is 2.06. The van der Waals surface area contributed by atoms with Crippen LogP contribution in [0.15, 0.2) is 84.9 Å². The number of amides is 1. The van der Waals surface area contributed by atoms with Crippen molar-refractivity contribution in [2.24, 2.45) is 0 Å². The quantitative estimate of drug-likeness (QED) is 0.700. The third-order valence-electron chi connectivity index (χ3n) is 3.35. The van der Waals surface area contributed by atoms with Crippen LogP contribution in [0.2, 0.25) is 0 Å². The van der Waals surface area contributed by atoms with Crippen LogP contribution in [0, 0.1) is 11.8 Å². The van der Waals surface area contributed by atoms with E-state index in [1.54, 1.807) is 0 Å². The fourth-order valence-electron chi connectivity index (χ4n) is 2.27. The number of hydrogen-bond acceptors (Lipinski definition) is 1. The number of nitrogens with one attached hydrogen (secondary N) is 1. The van der Waals surface area contributed by atoms with Gasteiger partial charge in [-0.05, 0) is 23.8 Å². The zero-order valence-electron chi connectivity index (χ0n) is 12.5. The summed E-state index contributed by atoms with van der Waals surface area (Å²) in [7, 11) is 0. The summed E-state index contributed by atoms with van der Waals surface area (Å²) in [5.74, 6) is 5.17. The van der Waals surface area contributed by atoms with Gasteiger partial charge in [-0.15, -0.1) is 0 Å². The summed E-state index contributed by atoms with van der Waals surface area (Å²) in [4.78, 5) is 12.1. The van der Waals surface area contributed by atoms with Gasteiger partial charge in [0.15, 0.2) is 0 Å². The maximum absolute atomic E-state index is 12.1. The average molecular weight is 297 g/mol. The van der Waals surface area contributed by atoms with Crippen LogP contribution in [0.3, 0.4) is 0 Å². The molecule has 0 fully saturated rings. The van der Waals surface area contributed by atoms with Crippen LogP contribution < -0.4 is 5.32 Å². The summed E-state index contributed by atoms with van der Waals surface area (Å²) in [6, 6.07) is 27.1. The smallest absolute Gasteiger partial charge is 0.300 e. The van der Waals surface area contributed by atoms with Crippen LogP contribution in [0.1, 0.15) is 5.56 Å². The van der Waals surface area contributed by atoms with Gasteiger partial charge in [0.05, 0.1) is 0 Å². The Hall–Kier alpha value is -3.31. The van der Waals surface area contributed by atoms with Gasteiger partial charge in [0, 0.05) is 22.7 Å². The highest BCUT2D eigenvalue weighted by Crippen LogP contribution is 2.27. The van der Waals surface area contributed by atoms with Crippen LogP contribution in [-0.2, 0) is 4.79 Å². The van der Waals surface area contributed by atoms with E-state index < -0.39 is 0 Å². The van der Waals surface area contributed by atoms with E-state index in [1.165, 1.54) is 0 Å². The first-order chi connectivity index (χ1) is 11.3. The summed E-state index contributed by atoms with van der Waals surface area (Å²) in [6.45, 7) is 0. The lowest BCUT2D eigenvalue weighted by molar-refractivity contribution is -0.111. The minimum absolute atomic E-state index is 0.322. The highest BCUT2D eigenvalue weighted by molar-refractivity contribution is 6.06. The molecule has 1 N–H and O–H groups in total. The molecule has 0 unspecified atom stereocenters. The Balaban J connectivity index is 1.81. The van der Waals surface area contributed by atoms with Crippen LogP contribution in [0.4, 0.5) is 5.69 Å². The summed E-state index contributed by atoms with van der Waals surface area (Å²) in [5, 5.41) is 2.87. The van der Waals surface area contributed by atoms with Gasteiger partial charge < -0.3 is 5.32 Å². The molecule has 0 bridgehead atoms. The molecule has 23 heavy (non-hydrogen) atoms. The van der Waals surface area contributed by atoms with Crippen molar-refractivity contribution in [1.29, 1.82) is 0 Å². The van der Waals surface area contributed by atoms with Gasteiger partial charge in [0.1, 0.15) is 0 Å². The molecular weight excluding hydrogens is 282 g/mol. The molecule has 0 spiro atoms. The van der Waals surface area contributed by atoms with Crippen molar-refractivity contribution in [2.45, 2.75) is 0 Å². The summed E-state index contributed by atoms with van der Waals surface area (Å²) < 4.78 is 0. The first-order valence-corrected chi connectivity index (χ1v) is 7.35. The van der Waals surface area contributed by atoms with Crippen molar-refractivity contribution in [3.8, 4) is 23.0 Å². The molecule has 0 heterocycles. The number of anilines is 1. The van der Waals surface area contributed by atoms with Gasteiger partial charge in [-0.3, -0.25) is 4.79 Å². The molecule has 0 aliphatic heterocycles. The topological polar surface area (TPSA) is 29.1 Å². The van der Waals surface area contributed by atoms with Crippen LogP contribution in [-0.4, -0.2) is 5.91 Å². The second kappa shape index (κ2) is 7.11. The average Bonchev–Trinajstić information content (AvgIpc) is 2.62. The van der Waals surface area contributed by atoms with Crippen molar-refractivity contribution in [3.05, 3.63) is 90.5 Å². The molecule has 0 aromatic heterocycles. The Labute approximate surface area is 135 Å². The summed E-state index contributed by atoms with van der Waals surface area (Å²) >= 11 is 0. The van der Waals surface area contributed by atoms with E-state index in [4.69, 9.17) is 0 Å². The third kappa shape index (κ3) is 3.87. The molecule has 2 heteroatoms. The summed E-state index contributed by atoms with van der Waals surface area (Å²) in [5.41, 5.74) is 3.60. The molecule has 3 aromatic carbocycles. The predicted octanol–water partition coefficient (Wildman–Crippen LogP) is 4.34.